The highest BCUT2D eigenvalue weighted by Crippen LogP contribution is 2.07. The molecule has 0 amide bonds. The van der Waals surface area contributed by atoms with E-state index in [-0.39, 0.29) is 5.75 Å². The van der Waals surface area contributed by atoms with Gasteiger partial charge < -0.3 is 9.88 Å². The monoisotopic (exact) mass is 287 g/mol. The molecule has 0 aromatic carbocycles. The number of hydrogen-bond acceptors (Lipinski definition) is 4. The van der Waals surface area contributed by atoms with E-state index in [2.05, 4.69) is 28.7 Å². The topological polar surface area (TPSA) is 64.0 Å². The number of nitrogens with one attached hydrogen (secondary N) is 1. The third-order valence-corrected chi connectivity index (χ3v) is 3.92. The Hall–Kier alpha value is -0.880. The van der Waals surface area contributed by atoms with Gasteiger partial charge in [0.05, 0.1) is 11.4 Å². The van der Waals surface area contributed by atoms with Crippen molar-refractivity contribution < 1.29 is 8.42 Å². The third kappa shape index (κ3) is 6.20. The summed E-state index contributed by atoms with van der Waals surface area (Å²) in [7, 11) is -2.88. The van der Waals surface area contributed by atoms with Crippen LogP contribution in [-0.4, -0.2) is 36.5 Å². The fourth-order valence-electron chi connectivity index (χ4n) is 1.94. The van der Waals surface area contributed by atoms with Crippen LogP contribution < -0.4 is 5.32 Å². The van der Waals surface area contributed by atoms with Gasteiger partial charge in [-0.2, -0.15) is 0 Å². The van der Waals surface area contributed by atoms with Crippen LogP contribution >= 0.6 is 0 Å². The van der Waals surface area contributed by atoms with Gasteiger partial charge in [-0.1, -0.05) is 13.8 Å². The number of sulfone groups is 1. The van der Waals surface area contributed by atoms with Crippen LogP contribution in [0.3, 0.4) is 0 Å². The zero-order valence-electron chi connectivity index (χ0n) is 12.3. The van der Waals surface area contributed by atoms with E-state index in [0.717, 1.165) is 24.6 Å². The van der Waals surface area contributed by atoms with E-state index in [1.54, 1.807) is 0 Å². The van der Waals surface area contributed by atoms with Crippen LogP contribution in [0, 0.1) is 12.8 Å². The van der Waals surface area contributed by atoms with E-state index >= 15 is 0 Å². The van der Waals surface area contributed by atoms with Gasteiger partial charge in [0.1, 0.15) is 15.7 Å². The second kappa shape index (κ2) is 7.05. The summed E-state index contributed by atoms with van der Waals surface area (Å²) in [6, 6.07) is 0. The summed E-state index contributed by atoms with van der Waals surface area (Å²) in [5.74, 6) is 1.78. The first-order valence-electron chi connectivity index (χ1n) is 6.69. The molecule has 0 spiro atoms. The maximum absolute atomic E-state index is 11.1. The molecule has 0 aliphatic heterocycles. The SMILES string of the molecule is Cc1ncc(CNCC(C)C)n1CCCS(C)(=O)=O. The molecule has 0 bridgehead atoms. The van der Waals surface area contributed by atoms with Crippen LogP contribution in [0.4, 0.5) is 0 Å². The Kier molecular flexibility index (Phi) is 6.00. The first kappa shape index (κ1) is 16.2. The molecule has 1 rings (SSSR count). The van der Waals surface area contributed by atoms with Crippen molar-refractivity contribution in [2.45, 2.75) is 40.3 Å². The van der Waals surface area contributed by atoms with E-state index in [0.29, 0.717) is 18.9 Å². The molecule has 0 unspecified atom stereocenters. The Bertz CT molecular complexity index is 492. The molecule has 19 heavy (non-hydrogen) atoms. The third-order valence-electron chi connectivity index (χ3n) is 2.89. The second-order valence-electron chi connectivity index (χ2n) is 5.46. The van der Waals surface area contributed by atoms with Crippen molar-refractivity contribution in [2.75, 3.05) is 18.6 Å². The summed E-state index contributed by atoms with van der Waals surface area (Å²) in [5.41, 5.74) is 1.12. The largest absolute Gasteiger partial charge is 0.331 e. The van der Waals surface area contributed by atoms with Crippen molar-refractivity contribution in [1.29, 1.82) is 0 Å². The lowest BCUT2D eigenvalue weighted by atomic mass is 10.2. The summed E-state index contributed by atoms with van der Waals surface area (Å²) in [4.78, 5) is 4.30. The number of aromatic nitrogens is 2. The van der Waals surface area contributed by atoms with E-state index in [4.69, 9.17) is 0 Å². The molecule has 0 fully saturated rings. The zero-order chi connectivity index (χ0) is 14.5. The number of imidazole rings is 1. The minimum Gasteiger partial charge on any atom is -0.331 e. The summed E-state index contributed by atoms with van der Waals surface area (Å²) in [5, 5.41) is 3.38. The van der Waals surface area contributed by atoms with E-state index in [1.165, 1.54) is 6.26 Å². The molecule has 0 aliphatic carbocycles. The van der Waals surface area contributed by atoms with Crippen molar-refractivity contribution >= 4 is 9.84 Å². The first-order chi connectivity index (χ1) is 8.79. The summed E-state index contributed by atoms with van der Waals surface area (Å²) >= 11 is 0. The van der Waals surface area contributed by atoms with Crippen molar-refractivity contribution in [1.82, 2.24) is 14.9 Å². The van der Waals surface area contributed by atoms with Crippen molar-refractivity contribution in [3.63, 3.8) is 0 Å². The lowest BCUT2D eigenvalue weighted by molar-refractivity contribution is 0.528. The molecule has 0 radical (unpaired) electrons. The predicted molar refractivity (Wildman–Crippen MR) is 77.8 cm³/mol. The highest BCUT2D eigenvalue weighted by molar-refractivity contribution is 7.90. The number of hydrogen-bond donors (Lipinski definition) is 1. The molecule has 0 saturated carbocycles. The molecule has 6 heteroatoms. The molecule has 110 valence electrons. The Morgan fingerprint density at radius 1 is 1.42 bits per heavy atom. The van der Waals surface area contributed by atoms with Gasteiger partial charge >= 0.3 is 0 Å². The zero-order valence-corrected chi connectivity index (χ0v) is 13.1. The molecule has 1 heterocycles. The van der Waals surface area contributed by atoms with Gasteiger partial charge in [0.25, 0.3) is 0 Å². The molecule has 1 aromatic heterocycles. The van der Waals surface area contributed by atoms with E-state index < -0.39 is 9.84 Å². The number of rotatable bonds is 8. The normalized spacial score (nSPS) is 12.3. The van der Waals surface area contributed by atoms with Crippen LogP contribution in [-0.2, 0) is 22.9 Å². The number of aryl methyl sites for hydroxylation is 1. The summed E-state index contributed by atoms with van der Waals surface area (Å²) in [6.07, 6.45) is 3.77. The van der Waals surface area contributed by atoms with Gasteiger partial charge in [-0.05, 0) is 25.8 Å². The molecular formula is C13H25N3O2S. The average Bonchev–Trinajstić information content (AvgIpc) is 2.59. The molecule has 0 atom stereocenters. The smallest absolute Gasteiger partial charge is 0.147 e. The van der Waals surface area contributed by atoms with Gasteiger partial charge in [0.15, 0.2) is 0 Å². The van der Waals surface area contributed by atoms with Gasteiger partial charge in [0.2, 0.25) is 0 Å². The standard InChI is InChI=1S/C13H25N3O2S/c1-11(2)8-14-9-13-10-15-12(3)16(13)6-5-7-19(4,17)18/h10-11,14H,5-9H2,1-4H3. The molecule has 1 aromatic rings. The van der Waals surface area contributed by atoms with Gasteiger partial charge in [-0.15, -0.1) is 0 Å². The second-order valence-corrected chi connectivity index (χ2v) is 7.72. The van der Waals surface area contributed by atoms with Gasteiger partial charge in [-0.3, -0.25) is 0 Å². The minimum absolute atomic E-state index is 0.226. The van der Waals surface area contributed by atoms with Crippen LogP contribution in [0.2, 0.25) is 0 Å². The molecule has 5 nitrogen and oxygen atoms in total. The highest BCUT2D eigenvalue weighted by atomic mass is 32.2. The van der Waals surface area contributed by atoms with Crippen LogP contribution in [0.5, 0.6) is 0 Å². The average molecular weight is 287 g/mol. The Labute approximate surface area is 116 Å². The fourth-order valence-corrected chi connectivity index (χ4v) is 2.59. The molecule has 1 N–H and O–H groups in total. The Morgan fingerprint density at radius 3 is 2.68 bits per heavy atom. The number of nitrogens with zero attached hydrogens (tertiary/aromatic N) is 2. The molecule has 0 aliphatic rings. The fraction of sp³-hybridized carbons (Fsp3) is 0.769. The summed E-state index contributed by atoms with van der Waals surface area (Å²) < 4.78 is 24.4. The van der Waals surface area contributed by atoms with Crippen molar-refractivity contribution in [3.05, 3.63) is 17.7 Å². The van der Waals surface area contributed by atoms with Crippen LogP contribution in [0.1, 0.15) is 31.8 Å². The van der Waals surface area contributed by atoms with E-state index in [9.17, 15) is 8.42 Å². The summed E-state index contributed by atoms with van der Waals surface area (Å²) in [6.45, 7) is 8.73. The van der Waals surface area contributed by atoms with Crippen LogP contribution in [0.15, 0.2) is 6.20 Å². The van der Waals surface area contributed by atoms with Gasteiger partial charge in [-0.25, -0.2) is 13.4 Å². The van der Waals surface area contributed by atoms with Gasteiger partial charge in [0, 0.05) is 25.5 Å². The lowest BCUT2D eigenvalue weighted by Gasteiger charge is -2.12. The maximum Gasteiger partial charge on any atom is 0.147 e. The van der Waals surface area contributed by atoms with E-state index in [1.807, 2.05) is 13.1 Å². The maximum atomic E-state index is 11.1. The quantitative estimate of drug-likeness (QED) is 0.784. The first-order valence-corrected chi connectivity index (χ1v) is 8.75. The highest BCUT2D eigenvalue weighted by Gasteiger charge is 2.08. The molecular weight excluding hydrogens is 262 g/mol. The lowest BCUT2D eigenvalue weighted by Crippen LogP contribution is -2.21. The Balaban J connectivity index is 2.54. The van der Waals surface area contributed by atoms with Crippen LogP contribution in [0.25, 0.3) is 0 Å². The molecule has 0 saturated heterocycles. The minimum atomic E-state index is -2.88. The Morgan fingerprint density at radius 2 is 2.11 bits per heavy atom. The van der Waals surface area contributed by atoms with Crippen molar-refractivity contribution in [3.8, 4) is 0 Å². The predicted octanol–water partition coefficient (Wildman–Crippen LogP) is 1.37. The van der Waals surface area contributed by atoms with Crippen molar-refractivity contribution in [2.24, 2.45) is 5.92 Å².